The number of methoxy groups -OCH3 is 1. The third-order valence-corrected chi connectivity index (χ3v) is 6.25. The summed E-state index contributed by atoms with van der Waals surface area (Å²) in [5.74, 6) is 0.0340. The summed E-state index contributed by atoms with van der Waals surface area (Å²) in [6.07, 6.45) is 1.86. The van der Waals surface area contributed by atoms with Crippen molar-refractivity contribution >= 4 is 34.1 Å². The summed E-state index contributed by atoms with van der Waals surface area (Å²) >= 11 is 2.23. The molecule has 0 saturated heterocycles. The minimum Gasteiger partial charge on any atom is -0.504 e. The number of aromatic hydroxyl groups is 1. The highest BCUT2D eigenvalue weighted by molar-refractivity contribution is 14.1. The highest BCUT2D eigenvalue weighted by atomic mass is 127. The van der Waals surface area contributed by atoms with Crippen molar-refractivity contribution in [2.24, 2.45) is 5.73 Å². The first-order chi connectivity index (χ1) is 14.5. The molecule has 0 fully saturated rings. The average Bonchev–Trinajstić information content (AvgIpc) is 2.74. The lowest BCUT2D eigenvalue weighted by Crippen LogP contribution is -2.38. The number of ether oxygens (including phenoxy) is 1. The smallest absolute Gasteiger partial charge is 0.161 e. The number of rotatable bonds is 3. The Bertz CT molecular complexity index is 1130. The third kappa shape index (κ3) is 3.31. The van der Waals surface area contributed by atoms with Crippen molar-refractivity contribution in [3.05, 3.63) is 74.3 Å². The van der Waals surface area contributed by atoms with E-state index in [0.717, 1.165) is 21.4 Å². The fourth-order valence-corrected chi connectivity index (χ4v) is 4.54. The summed E-state index contributed by atoms with van der Waals surface area (Å²) in [5.41, 5.74) is 9.80. The molecule has 1 atom stereocenters. The van der Waals surface area contributed by atoms with Crippen molar-refractivity contribution in [2.75, 3.05) is 12.0 Å². The number of carbonyl (C=O) groups excluding carboxylic acids is 1. The van der Waals surface area contributed by atoms with Gasteiger partial charge in [-0.3, -0.25) is 9.69 Å². The Morgan fingerprint density at radius 1 is 1.23 bits per heavy atom. The standard InChI is InChI=1S/C23H20IN3O3/c1-30-20-11-13(5-10-18(20)28)21-16(12-25)23(26)27(15-8-6-14(24)7-9-15)17-3-2-4-19(29)22(17)21/h5-11,21,28H,2-4,26H2,1H3. The summed E-state index contributed by atoms with van der Waals surface area (Å²) in [6, 6.07) is 14.9. The van der Waals surface area contributed by atoms with Crippen molar-refractivity contribution in [3.63, 3.8) is 0 Å². The van der Waals surface area contributed by atoms with Gasteiger partial charge in [0.25, 0.3) is 0 Å². The number of nitrogens with zero attached hydrogens (tertiary/aromatic N) is 2. The zero-order valence-electron chi connectivity index (χ0n) is 16.4. The van der Waals surface area contributed by atoms with E-state index in [1.807, 2.05) is 29.2 Å². The third-order valence-electron chi connectivity index (χ3n) is 5.54. The van der Waals surface area contributed by atoms with Crippen LogP contribution in [0.3, 0.4) is 0 Å². The molecule has 7 heteroatoms. The van der Waals surface area contributed by atoms with Crippen LogP contribution in [0.15, 0.2) is 65.1 Å². The van der Waals surface area contributed by atoms with Crippen LogP contribution in [0.1, 0.15) is 30.7 Å². The number of hydrogen-bond acceptors (Lipinski definition) is 6. The Hall–Kier alpha value is -2.99. The number of nitriles is 1. The Morgan fingerprint density at radius 2 is 1.97 bits per heavy atom. The molecule has 0 radical (unpaired) electrons. The van der Waals surface area contributed by atoms with Gasteiger partial charge in [-0.2, -0.15) is 5.26 Å². The molecule has 2 aromatic rings. The summed E-state index contributed by atoms with van der Waals surface area (Å²) in [6.45, 7) is 0. The van der Waals surface area contributed by atoms with Gasteiger partial charge in [0.05, 0.1) is 24.7 Å². The Morgan fingerprint density at radius 3 is 2.63 bits per heavy atom. The fraction of sp³-hybridized carbons (Fsp3) is 0.217. The molecule has 1 aliphatic heterocycles. The quantitative estimate of drug-likeness (QED) is 0.594. The first kappa shape index (κ1) is 20.3. The number of anilines is 1. The van der Waals surface area contributed by atoms with E-state index in [4.69, 9.17) is 10.5 Å². The first-order valence-electron chi connectivity index (χ1n) is 9.54. The van der Waals surface area contributed by atoms with Crippen LogP contribution in [0.2, 0.25) is 0 Å². The average molecular weight is 513 g/mol. The Labute approximate surface area is 188 Å². The van der Waals surface area contributed by atoms with Crippen LogP contribution in [-0.2, 0) is 4.79 Å². The van der Waals surface area contributed by atoms with E-state index >= 15 is 0 Å². The monoisotopic (exact) mass is 513 g/mol. The van der Waals surface area contributed by atoms with Crippen molar-refractivity contribution in [1.29, 1.82) is 5.26 Å². The van der Waals surface area contributed by atoms with Crippen molar-refractivity contribution in [3.8, 4) is 17.6 Å². The molecule has 3 N–H and O–H groups in total. The molecule has 0 spiro atoms. The van der Waals surface area contributed by atoms with E-state index in [2.05, 4.69) is 28.7 Å². The van der Waals surface area contributed by atoms with Crippen molar-refractivity contribution in [1.82, 2.24) is 0 Å². The van der Waals surface area contributed by atoms with Crippen LogP contribution in [0.25, 0.3) is 0 Å². The van der Waals surface area contributed by atoms with Crippen LogP contribution in [0.5, 0.6) is 11.5 Å². The topological polar surface area (TPSA) is 99.6 Å². The molecular weight excluding hydrogens is 493 g/mol. The number of phenolic OH excluding ortho intramolecular Hbond substituents is 1. The maximum absolute atomic E-state index is 13.1. The van der Waals surface area contributed by atoms with E-state index in [9.17, 15) is 15.2 Å². The number of carbonyl (C=O) groups is 1. The maximum Gasteiger partial charge on any atom is 0.161 e. The molecular formula is C23H20IN3O3. The van der Waals surface area contributed by atoms with Gasteiger partial charge in [0.1, 0.15) is 5.82 Å². The van der Waals surface area contributed by atoms with Gasteiger partial charge in [-0.1, -0.05) is 6.07 Å². The Kier molecular flexibility index (Phi) is 5.43. The van der Waals surface area contributed by atoms with E-state index in [1.54, 1.807) is 12.1 Å². The molecule has 2 aromatic carbocycles. The van der Waals surface area contributed by atoms with Gasteiger partial charge < -0.3 is 15.6 Å². The van der Waals surface area contributed by atoms with Crippen molar-refractivity contribution < 1.29 is 14.6 Å². The van der Waals surface area contributed by atoms with Gasteiger partial charge in [0.2, 0.25) is 0 Å². The number of nitrogens with two attached hydrogens (primary N) is 1. The van der Waals surface area contributed by atoms with E-state index in [1.165, 1.54) is 13.2 Å². The minimum atomic E-state index is -0.590. The number of halogens is 1. The molecule has 0 aromatic heterocycles. The Balaban J connectivity index is 1.96. The lowest BCUT2D eigenvalue weighted by Gasteiger charge is -2.39. The second-order valence-corrected chi connectivity index (χ2v) is 8.47. The lowest BCUT2D eigenvalue weighted by atomic mass is 9.75. The summed E-state index contributed by atoms with van der Waals surface area (Å²) in [7, 11) is 1.46. The number of allylic oxidation sites excluding steroid dienone is 3. The molecule has 4 rings (SSSR count). The number of hydrogen-bond donors (Lipinski definition) is 2. The molecule has 6 nitrogen and oxygen atoms in total. The molecule has 1 unspecified atom stereocenters. The normalized spacial score (nSPS) is 18.9. The van der Waals surface area contributed by atoms with Crippen molar-refractivity contribution in [2.45, 2.75) is 25.2 Å². The van der Waals surface area contributed by atoms with Gasteiger partial charge >= 0.3 is 0 Å². The molecule has 1 heterocycles. The van der Waals surface area contributed by atoms with Gasteiger partial charge in [0, 0.05) is 26.9 Å². The lowest BCUT2D eigenvalue weighted by molar-refractivity contribution is -0.116. The molecule has 30 heavy (non-hydrogen) atoms. The zero-order valence-corrected chi connectivity index (χ0v) is 18.5. The van der Waals surface area contributed by atoms with Gasteiger partial charge in [0.15, 0.2) is 17.3 Å². The van der Waals surface area contributed by atoms with Gasteiger partial charge in [-0.15, -0.1) is 0 Å². The van der Waals surface area contributed by atoms with Gasteiger partial charge in [-0.05, 0) is 77.4 Å². The molecule has 2 aliphatic rings. The van der Waals surface area contributed by atoms with Crippen LogP contribution in [-0.4, -0.2) is 18.0 Å². The van der Waals surface area contributed by atoms with Crippen LogP contribution in [0, 0.1) is 14.9 Å². The van der Waals surface area contributed by atoms with E-state index < -0.39 is 5.92 Å². The summed E-state index contributed by atoms with van der Waals surface area (Å²) in [5, 5.41) is 20.0. The number of ketones is 1. The highest BCUT2D eigenvalue weighted by Crippen LogP contribution is 2.47. The molecule has 152 valence electrons. The first-order valence-corrected chi connectivity index (χ1v) is 10.6. The van der Waals surface area contributed by atoms with E-state index in [-0.39, 0.29) is 17.3 Å². The number of phenols is 1. The summed E-state index contributed by atoms with van der Waals surface area (Å²) in [4.78, 5) is 14.9. The zero-order chi connectivity index (χ0) is 21.4. The SMILES string of the molecule is COc1cc(C2C(C#N)=C(N)N(c3ccc(I)cc3)C3=C2C(=O)CCC3)ccc1O. The number of Topliss-reactive ketones (excluding diaryl/α,β-unsaturated/α-hetero) is 1. The van der Waals surface area contributed by atoms with Gasteiger partial charge in [-0.25, -0.2) is 0 Å². The molecule has 0 amide bonds. The fourth-order valence-electron chi connectivity index (χ4n) is 4.18. The second-order valence-electron chi connectivity index (χ2n) is 7.22. The highest BCUT2D eigenvalue weighted by Gasteiger charge is 2.40. The molecule has 0 saturated carbocycles. The van der Waals surface area contributed by atoms with Crippen LogP contribution >= 0.6 is 22.6 Å². The largest absolute Gasteiger partial charge is 0.504 e. The second kappa shape index (κ2) is 8.03. The number of benzene rings is 2. The summed E-state index contributed by atoms with van der Waals surface area (Å²) < 4.78 is 6.33. The predicted octanol–water partition coefficient (Wildman–Crippen LogP) is 4.31. The minimum absolute atomic E-state index is 0.00259. The van der Waals surface area contributed by atoms with E-state index in [0.29, 0.717) is 35.4 Å². The molecule has 1 aliphatic carbocycles. The van der Waals surface area contributed by atoms with Crippen LogP contribution in [0.4, 0.5) is 5.69 Å². The predicted molar refractivity (Wildman–Crippen MR) is 122 cm³/mol. The molecule has 0 bridgehead atoms. The maximum atomic E-state index is 13.1. The van der Waals surface area contributed by atoms with Crippen LogP contribution < -0.4 is 15.4 Å².